The van der Waals surface area contributed by atoms with Gasteiger partial charge in [-0.1, -0.05) is 19.8 Å². The van der Waals surface area contributed by atoms with Crippen LogP contribution >= 0.6 is 0 Å². The second-order valence-corrected chi connectivity index (χ2v) is 4.70. The van der Waals surface area contributed by atoms with Crippen LogP contribution in [0, 0.1) is 22.7 Å². The van der Waals surface area contributed by atoms with E-state index in [1.54, 1.807) is 0 Å². The molecule has 0 radical (unpaired) electrons. The van der Waals surface area contributed by atoms with Crippen LogP contribution in [0.2, 0.25) is 0 Å². The van der Waals surface area contributed by atoms with Crippen LogP contribution in [0.3, 0.4) is 0 Å². The standard InChI is InChI=1S/C10H16/c1-9(2)6-5-7-10(3,4)8-9/h6,8H2,1-4H3. The summed E-state index contributed by atoms with van der Waals surface area (Å²) in [7, 11) is 0. The summed E-state index contributed by atoms with van der Waals surface area (Å²) in [6.45, 7) is 9.03. The summed E-state index contributed by atoms with van der Waals surface area (Å²) in [5, 5.41) is 0. The molecule has 0 aromatic heterocycles. The highest BCUT2D eigenvalue weighted by Crippen LogP contribution is 2.38. The van der Waals surface area contributed by atoms with Gasteiger partial charge in [0.2, 0.25) is 0 Å². The summed E-state index contributed by atoms with van der Waals surface area (Å²) in [4.78, 5) is 0. The van der Waals surface area contributed by atoms with Crippen LogP contribution in [0.5, 0.6) is 0 Å². The summed E-state index contributed by atoms with van der Waals surface area (Å²) in [6, 6.07) is 0. The second-order valence-electron chi connectivity index (χ2n) is 4.70. The summed E-state index contributed by atoms with van der Waals surface area (Å²) in [5.74, 6) is 6.48. The molecule has 0 bridgehead atoms. The van der Waals surface area contributed by atoms with E-state index in [1.807, 2.05) is 0 Å². The van der Waals surface area contributed by atoms with E-state index in [9.17, 15) is 0 Å². The van der Waals surface area contributed by atoms with Crippen molar-refractivity contribution >= 4 is 0 Å². The van der Waals surface area contributed by atoms with Gasteiger partial charge in [-0.05, 0) is 25.7 Å². The van der Waals surface area contributed by atoms with Gasteiger partial charge in [-0.25, -0.2) is 0 Å². The van der Waals surface area contributed by atoms with Crippen LogP contribution in [-0.4, -0.2) is 0 Å². The minimum atomic E-state index is 0.252. The van der Waals surface area contributed by atoms with E-state index in [1.165, 1.54) is 6.42 Å². The molecule has 0 aromatic carbocycles. The molecule has 10 heavy (non-hydrogen) atoms. The molecular weight excluding hydrogens is 120 g/mol. The molecule has 0 fully saturated rings. The van der Waals surface area contributed by atoms with Gasteiger partial charge in [-0.15, -0.1) is 5.92 Å². The maximum absolute atomic E-state index is 3.26. The molecule has 0 heterocycles. The molecule has 0 aromatic rings. The Morgan fingerprint density at radius 2 is 1.70 bits per heavy atom. The Morgan fingerprint density at radius 3 is 2.00 bits per heavy atom. The van der Waals surface area contributed by atoms with Crippen molar-refractivity contribution in [3.8, 4) is 11.8 Å². The molecule has 1 aliphatic carbocycles. The summed E-state index contributed by atoms with van der Waals surface area (Å²) < 4.78 is 0. The van der Waals surface area contributed by atoms with E-state index >= 15 is 0 Å². The topological polar surface area (TPSA) is 0 Å². The highest BCUT2D eigenvalue weighted by molar-refractivity contribution is 5.15. The van der Waals surface area contributed by atoms with Crippen molar-refractivity contribution in [2.75, 3.05) is 0 Å². The average molecular weight is 136 g/mol. The number of rotatable bonds is 0. The molecule has 0 spiro atoms. The molecular formula is C10H16. The van der Waals surface area contributed by atoms with Crippen LogP contribution in [0.15, 0.2) is 0 Å². The summed E-state index contributed by atoms with van der Waals surface area (Å²) >= 11 is 0. The lowest BCUT2D eigenvalue weighted by Crippen LogP contribution is -2.24. The van der Waals surface area contributed by atoms with Crippen LogP contribution in [0.4, 0.5) is 0 Å². The molecule has 0 amide bonds. The maximum atomic E-state index is 3.26. The van der Waals surface area contributed by atoms with Crippen molar-refractivity contribution in [2.45, 2.75) is 40.5 Å². The zero-order valence-electron chi connectivity index (χ0n) is 7.41. The Balaban J connectivity index is 2.79. The third-order valence-electron chi connectivity index (χ3n) is 1.91. The van der Waals surface area contributed by atoms with Gasteiger partial charge in [0.05, 0.1) is 0 Å². The van der Waals surface area contributed by atoms with E-state index in [0.717, 1.165) is 6.42 Å². The van der Waals surface area contributed by atoms with Crippen LogP contribution in [-0.2, 0) is 0 Å². The maximum Gasteiger partial charge on any atom is 0.0263 e. The Bertz CT molecular complexity index is 186. The van der Waals surface area contributed by atoms with Crippen molar-refractivity contribution in [2.24, 2.45) is 10.8 Å². The molecule has 1 rings (SSSR count). The predicted molar refractivity (Wildman–Crippen MR) is 44.6 cm³/mol. The fourth-order valence-corrected chi connectivity index (χ4v) is 1.83. The van der Waals surface area contributed by atoms with Crippen molar-refractivity contribution in [3.63, 3.8) is 0 Å². The van der Waals surface area contributed by atoms with Gasteiger partial charge in [-0.2, -0.15) is 0 Å². The molecule has 0 N–H and O–H groups in total. The lowest BCUT2D eigenvalue weighted by Gasteiger charge is -2.33. The van der Waals surface area contributed by atoms with E-state index in [0.29, 0.717) is 5.41 Å². The highest BCUT2D eigenvalue weighted by atomic mass is 14.3. The first-order valence-electron chi connectivity index (χ1n) is 3.91. The predicted octanol–water partition coefficient (Wildman–Crippen LogP) is 2.84. The SMILES string of the molecule is CC1(C)C#CCC(C)(C)C1. The first-order valence-corrected chi connectivity index (χ1v) is 3.91. The van der Waals surface area contributed by atoms with E-state index in [-0.39, 0.29) is 5.41 Å². The van der Waals surface area contributed by atoms with E-state index in [4.69, 9.17) is 0 Å². The minimum absolute atomic E-state index is 0.252. The molecule has 1 aliphatic rings. The molecule has 0 saturated carbocycles. The fourth-order valence-electron chi connectivity index (χ4n) is 1.83. The lowest BCUT2D eigenvalue weighted by molar-refractivity contribution is 0.240. The Labute approximate surface area is 64.0 Å². The van der Waals surface area contributed by atoms with Crippen molar-refractivity contribution in [3.05, 3.63) is 0 Å². The van der Waals surface area contributed by atoms with Gasteiger partial charge in [-0.3, -0.25) is 0 Å². The molecule has 0 nitrogen and oxygen atoms in total. The normalized spacial score (nSPS) is 26.8. The van der Waals surface area contributed by atoms with Crippen LogP contribution in [0.1, 0.15) is 40.5 Å². The monoisotopic (exact) mass is 136 g/mol. The largest absolute Gasteiger partial charge is 0.102 e. The smallest absolute Gasteiger partial charge is 0.0263 e. The van der Waals surface area contributed by atoms with Gasteiger partial charge >= 0.3 is 0 Å². The Kier molecular flexibility index (Phi) is 1.55. The number of hydrogen-bond acceptors (Lipinski definition) is 0. The molecule has 0 aliphatic heterocycles. The van der Waals surface area contributed by atoms with Crippen LogP contribution in [0.25, 0.3) is 0 Å². The zero-order valence-corrected chi connectivity index (χ0v) is 7.41. The highest BCUT2D eigenvalue weighted by Gasteiger charge is 2.29. The second kappa shape index (κ2) is 2.02. The molecule has 0 saturated heterocycles. The Hall–Kier alpha value is -0.440. The third-order valence-corrected chi connectivity index (χ3v) is 1.91. The molecule has 0 heteroatoms. The zero-order chi connectivity index (χ0) is 7.83. The quantitative estimate of drug-likeness (QED) is 0.449. The third kappa shape index (κ3) is 1.77. The lowest BCUT2D eigenvalue weighted by atomic mass is 9.71. The van der Waals surface area contributed by atoms with Gasteiger partial charge in [0, 0.05) is 11.8 Å². The van der Waals surface area contributed by atoms with E-state index in [2.05, 4.69) is 39.5 Å². The summed E-state index contributed by atoms with van der Waals surface area (Å²) in [6.07, 6.45) is 2.30. The van der Waals surface area contributed by atoms with Gasteiger partial charge in [0.15, 0.2) is 0 Å². The van der Waals surface area contributed by atoms with Crippen LogP contribution < -0.4 is 0 Å². The first kappa shape index (κ1) is 7.66. The van der Waals surface area contributed by atoms with Crippen molar-refractivity contribution in [1.82, 2.24) is 0 Å². The van der Waals surface area contributed by atoms with Crippen molar-refractivity contribution < 1.29 is 0 Å². The fraction of sp³-hybridized carbons (Fsp3) is 0.800. The van der Waals surface area contributed by atoms with Gasteiger partial charge in [0.1, 0.15) is 0 Å². The minimum Gasteiger partial charge on any atom is -0.102 e. The average Bonchev–Trinajstić information content (AvgIpc) is 1.56. The summed E-state index contributed by atoms with van der Waals surface area (Å²) in [5.41, 5.74) is 0.691. The number of hydrogen-bond donors (Lipinski definition) is 0. The molecule has 0 unspecified atom stereocenters. The van der Waals surface area contributed by atoms with Gasteiger partial charge < -0.3 is 0 Å². The molecule has 56 valence electrons. The first-order chi connectivity index (χ1) is 4.41. The van der Waals surface area contributed by atoms with E-state index < -0.39 is 0 Å². The molecule has 0 atom stereocenters. The van der Waals surface area contributed by atoms with Crippen molar-refractivity contribution in [1.29, 1.82) is 0 Å². The Morgan fingerprint density at radius 1 is 1.10 bits per heavy atom. The van der Waals surface area contributed by atoms with Gasteiger partial charge in [0.25, 0.3) is 0 Å².